The zero-order chi connectivity index (χ0) is 14.7. The molecule has 2 rings (SSSR count). The first-order chi connectivity index (χ1) is 9.51. The molecular formula is C12H11BrN4O3. The molecule has 104 valence electrons. The van der Waals surface area contributed by atoms with Gasteiger partial charge in [0.15, 0.2) is 0 Å². The molecule has 3 N–H and O–H groups in total. The number of carbonyl (C=O) groups excluding carboxylic acids is 1. The SMILES string of the molecule is CCc1nc(C(=O)Nc2cc(Br)ccc2C(=O)O)n[nH]1. The fourth-order valence-electron chi connectivity index (χ4n) is 1.54. The van der Waals surface area contributed by atoms with E-state index in [1.807, 2.05) is 6.92 Å². The van der Waals surface area contributed by atoms with Gasteiger partial charge in [0.1, 0.15) is 5.82 Å². The van der Waals surface area contributed by atoms with Crippen molar-refractivity contribution in [3.8, 4) is 0 Å². The van der Waals surface area contributed by atoms with Crippen LogP contribution in [0.4, 0.5) is 5.69 Å². The quantitative estimate of drug-likeness (QED) is 0.790. The molecule has 0 saturated heterocycles. The Bertz CT molecular complexity index is 668. The fourth-order valence-corrected chi connectivity index (χ4v) is 1.90. The van der Waals surface area contributed by atoms with E-state index >= 15 is 0 Å². The van der Waals surface area contributed by atoms with Gasteiger partial charge in [-0.25, -0.2) is 9.78 Å². The van der Waals surface area contributed by atoms with Crippen LogP contribution in [0.2, 0.25) is 0 Å². The molecule has 1 aromatic heterocycles. The van der Waals surface area contributed by atoms with Gasteiger partial charge in [0, 0.05) is 10.9 Å². The standard InChI is InChI=1S/C12H11BrN4O3/c1-2-9-15-10(17-16-9)11(18)14-8-5-6(13)3-4-7(8)12(19)20/h3-5H,2H2,1H3,(H,14,18)(H,19,20)(H,15,16,17). The lowest BCUT2D eigenvalue weighted by Crippen LogP contribution is -2.16. The van der Waals surface area contributed by atoms with Crippen LogP contribution in [-0.2, 0) is 6.42 Å². The van der Waals surface area contributed by atoms with Crippen LogP contribution >= 0.6 is 15.9 Å². The molecule has 2 aromatic rings. The summed E-state index contributed by atoms with van der Waals surface area (Å²) in [6, 6.07) is 4.49. The smallest absolute Gasteiger partial charge is 0.337 e. The first kappa shape index (κ1) is 14.2. The number of nitrogens with zero attached hydrogens (tertiary/aromatic N) is 2. The van der Waals surface area contributed by atoms with E-state index in [1.165, 1.54) is 12.1 Å². The third-order valence-corrected chi connectivity index (χ3v) is 3.02. The number of H-pyrrole nitrogens is 1. The average Bonchev–Trinajstić information content (AvgIpc) is 2.87. The van der Waals surface area contributed by atoms with Gasteiger partial charge in [-0.1, -0.05) is 22.9 Å². The third-order valence-electron chi connectivity index (χ3n) is 2.53. The molecule has 8 heteroatoms. The van der Waals surface area contributed by atoms with Crippen molar-refractivity contribution in [3.05, 3.63) is 39.9 Å². The first-order valence-electron chi connectivity index (χ1n) is 5.76. The molecule has 0 atom stereocenters. The number of carboxylic acid groups (broad SMARTS) is 1. The van der Waals surface area contributed by atoms with Crippen molar-refractivity contribution in [2.75, 3.05) is 5.32 Å². The highest BCUT2D eigenvalue weighted by molar-refractivity contribution is 9.10. The number of aromatic amines is 1. The lowest BCUT2D eigenvalue weighted by Gasteiger charge is -2.07. The zero-order valence-electron chi connectivity index (χ0n) is 10.5. The maximum absolute atomic E-state index is 12.0. The highest BCUT2D eigenvalue weighted by atomic mass is 79.9. The van der Waals surface area contributed by atoms with E-state index in [0.717, 1.165) is 0 Å². The maximum atomic E-state index is 12.0. The van der Waals surface area contributed by atoms with Gasteiger partial charge in [0.05, 0.1) is 11.3 Å². The van der Waals surface area contributed by atoms with Crippen molar-refractivity contribution in [1.82, 2.24) is 15.2 Å². The summed E-state index contributed by atoms with van der Waals surface area (Å²) >= 11 is 3.23. The molecule has 0 aliphatic heterocycles. The van der Waals surface area contributed by atoms with E-state index in [0.29, 0.717) is 16.7 Å². The predicted octanol–water partition coefficient (Wildman–Crippen LogP) is 2.08. The summed E-state index contributed by atoms with van der Waals surface area (Å²) in [5, 5.41) is 18.0. The van der Waals surface area contributed by atoms with Crippen LogP contribution in [0, 0.1) is 0 Å². The van der Waals surface area contributed by atoms with Crippen molar-refractivity contribution < 1.29 is 14.7 Å². The number of rotatable bonds is 4. The number of carboxylic acids is 1. The summed E-state index contributed by atoms with van der Waals surface area (Å²) in [5.74, 6) is -1.14. The lowest BCUT2D eigenvalue weighted by molar-refractivity contribution is 0.0698. The second-order valence-corrected chi connectivity index (χ2v) is 4.82. The van der Waals surface area contributed by atoms with E-state index in [2.05, 4.69) is 36.4 Å². The van der Waals surface area contributed by atoms with Gasteiger partial charge in [0.2, 0.25) is 5.82 Å². The molecule has 0 spiro atoms. The molecular weight excluding hydrogens is 328 g/mol. The van der Waals surface area contributed by atoms with E-state index in [1.54, 1.807) is 6.07 Å². The number of aryl methyl sites for hydroxylation is 1. The predicted molar refractivity (Wildman–Crippen MR) is 74.8 cm³/mol. The molecule has 0 saturated carbocycles. The molecule has 0 fully saturated rings. The van der Waals surface area contributed by atoms with Crippen LogP contribution in [0.5, 0.6) is 0 Å². The Balaban J connectivity index is 2.27. The normalized spacial score (nSPS) is 10.3. The molecule has 1 amide bonds. The Morgan fingerprint density at radius 3 is 2.80 bits per heavy atom. The number of aromatic carboxylic acids is 1. The molecule has 0 aliphatic rings. The molecule has 7 nitrogen and oxygen atoms in total. The monoisotopic (exact) mass is 338 g/mol. The second kappa shape index (κ2) is 5.83. The van der Waals surface area contributed by atoms with Gasteiger partial charge in [-0.2, -0.15) is 0 Å². The van der Waals surface area contributed by atoms with Gasteiger partial charge < -0.3 is 10.4 Å². The van der Waals surface area contributed by atoms with Crippen LogP contribution in [0.3, 0.4) is 0 Å². The van der Waals surface area contributed by atoms with E-state index in [4.69, 9.17) is 5.11 Å². The van der Waals surface area contributed by atoms with Crippen LogP contribution in [0.25, 0.3) is 0 Å². The third kappa shape index (κ3) is 3.02. The molecule has 0 radical (unpaired) electrons. The van der Waals surface area contributed by atoms with Crippen LogP contribution in [-0.4, -0.2) is 32.2 Å². The number of benzene rings is 1. The Labute approximate surface area is 122 Å². The van der Waals surface area contributed by atoms with Crippen LogP contribution < -0.4 is 5.32 Å². The summed E-state index contributed by atoms with van der Waals surface area (Å²) < 4.78 is 0.655. The Kier molecular flexibility index (Phi) is 4.14. The molecule has 1 aromatic carbocycles. The van der Waals surface area contributed by atoms with Gasteiger partial charge in [0.25, 0.3) is 5.91 Å². The number of nitrogens with one attached hydrogen (secondary N) is 2. The van der Waals surface area contributed by atoms with Crippen LogP contribution in [0.15, 0.2) is 22.7 Å². The molecule has 20 heavy (non-hydrogen) atoms. The number of carbonyl (C=O) groups is 2. The van der Waals surface area contributed by atoms with Crippen molar-refractivity contribution in [1.29, 1.82) is 0 Å². The fraction of sp³-hybridized carbons (Fsp3) is 0.167. The maximum Gasteiger partial charge on any atom is 0.337 e. The van der Waals surface area contributed by atoms with Crippen molar-refractivity contribution in [2.24, 2.45) is 0 Å². The van der Waals surface area contributed by atoms with E-state index in [9.17, 15) is 9.59 Å². The van der Waals surface area contributed by atoms with Gasteiger partial charge >= 0.3 is 5.97 Å². The number of halogens is 1. The lowest BCUT2D eigenvalue weighted by atomic mass is 10.2. The summed E-state index contributed by atoms with van der Waals surface area (Å²) in [4.78, 5) is 27.0. The Morgan fingerprint density at radius 1 is 1.45 bits per heavy atom. The zero-order valence-corrected chi connectivity index (χ0v) is 12.1. The minimum Gasteiger partial charge on any atom is -0.478 e. The summed E-state index contributed by atoms with van der Waals surface area (Å²) in [6.07, 6.45) is 0.623. The molecule has 1 heterocycles. The minimum atomic E-state index is -1.13. The van der Waals surface area contributed by atoms with Crippen molar-refractivity contribution >= 4 is 33.5 Å². The van der Waals surface area contributed by atoms with E-state index in [-0.39, 0.29) is 17.1 Å². The van der Waals surface area contributed by atoms with Gasteiger partial charge in [-0.3, -0.25) is 9.89 Å². The average molecular weight is 339 g/mol. The number of anilines is 1. The summed E-state index contributed by atoms with van der Waals surface area (Å²) in [7, 11) is 0. The van der Waals surface area contributed by atoms with Crippen LogP contribution in [0.1, 0.15) is 33.7 Å². The second-order valence-electron chi connectivity index (χ2n) is 3.91. The highest BCUT2D eigenvalue weighted by Gasteiger charge is 2.16. The van der Waals surface area contributed by atoms with Crippen molar-refractivity contribution in [3.63, 3.8) is 0 Å². The van der Waals surface area contributed by atoms with E-state index < -0.39 is 11.9 Å². The number of aromatic nitrogens is 3. The number of hydrogen-bond acceptors (Lipinski definition) is 4. The van der Waals surface area contributed by atoms with Gasteiger partial charge in [-0.05, 0) is 18.2 Å². The molecule has 0 bridgehead atoms. The van der Waals surface area contributed by atoms with Crippen molar-refractivity contribution in [2.45, 2.75) is 13.3 Å². The Hall–Kier alpha value is -2.22. The topological polar surface area (TPSA) is 108 Å². The highest BCUT2D eigenvalue weighted by Crippen LogP contribution is 2.22. The molecule has 0 aliphatic carbocycles. The number of amides is 1. The largest absolute Gasteiger partial charge is 0.478 e. The summed E-state index contributed by atoms with van der Waals surface area (Å²) in [5.41, 5.74) is 0.174. The number of hydrogen-bond donors (Lipinski definition) is 3. The first-order valence-corrected chi connectivity index (χ1v) is 6.56. The van der Waals surface area contributed by atoms with Gasteiger partial charge in [-0.15, -0.1) is 5.10 Å². The minimum absolute atomic E-state index is 0.00667. The Morgan fingerprint density at radius 2 is 2.20 bits per heavy atom. The summed E-state index contributed by atoms with van der Waals surface area (Å²) in [6.45, 7) is 1.87. The molecule has 0 unspecified atom stereocenters.